The average Bonchev–Trinajstić information content (AvgIpc) is 2.92. The molecule has 7 heteroatoms. The summed E-state index contributed by atoms with van der Waals surface area (Å²) in [5.74, 6) is 0. The fourth-order valence-corrected chi connectivity index (χ4v) is 3.18. The summed E-state index contributed by atoms with van der Waals surface area (Å²) in [6.07, 6.45) is 1.45. The Hall–Kier alpha value is -2.22. The fourth-order valence-electron chi connectivity index (χ4n) is 2.95. The lowest BCUT2D eigenvalue weighted by atomic mass is 9.77. The van der Waals surface area contributed by atoms with E-state index in [2.05, 4.69) is 17.9 Å². The SMILES string of the molecule is CC1(C)OB(C(=Cc2ccccc2S)CNC(=O)OCc2ccccc2)OC1(C)C. The van der Waals surface area contributed by atoms with Crippen LogP contribution in [0.15, 0.2) is 65.0 Å². The number of benzene rings is 2. The van der Waals surface area contributed by atoms with Crippen molar-refractivity contribution in [3.63, 3.8) is 0 Å². The first-order valence-corrected chi connectivity index (χ1v) is 10.4. The van der Waals surface area contributed by atoms with Gasteiger partial charge in [0, 0.05) is 11.4 Å². The average molecular weight is 425 g/mol. The van der Waals surface area contributed by atoms with Gasteiger partial charge in [-0.3, -0.25) is 0 Å². The van der Waals surface area contributed by atoms with Gasteiger partial charge in [-0.25, -0.2) is 4.79 Å². The molecule has 0 bridgehead atoms. The van der Waals surface area contributed by atoms with Crippen molar-refractivity contribution in [3.8, 4) is 0 Å². The number of thiol groups is 1. The van der Waals surface area contributed by atoms with Crippen molar-refractivity contribution in [2.75, 3.05) is 6.54 Å². The van der Waals surface area contributed by atoms with E-state index in [-0.39, 0.29) is 13.2 Å². The number of hydrogen-bond acceptors (Lipinski definition) is 5. The summed E-state index contributed by atoms with van der Waals surface area (Å²) in [4.78, 5) is 13.1. The molecule has 0 aliphatic carbocycles. The third-order valence-corrected chi connectivity index (χ3v) is 5.89. The van der Waals surface area contributed by atoms with Gasteiger partial charge in [0.25, 0.3) is 0 Å². The van der Waals surface area contributed by atoms with E-state index < -0.39 is 24.4 Å². The van der Waals surface area contributed by atoms with Gasteiger partial charge in [-0.15, -0.1) is 12.6 Å². The van der Waals surface area contributed by atoms with Crippen LogP contribution in [0.4, 0.5) is 4.79 Å². The second-order valence-electron chi connectivity index (χ2n) is 8.28. The number of nitrogens with one attached hydrogen (secondary N) is 1. The molecule has 1 saturated heterocycles. The monoisotopic (exact) mass is 425 g/mol. The Bertz CT molecular complexity index is 898. The standard InChI is InChI=1S/C23H28BNO4S/c1-22(2)23(3,4)29-24(28-22)19(14-18-12-8-9-13-20(18)30)15-25-21(26)27-16-17-10-6-5-7-11-17/h5-14,30H,15-16H2,1-4H3,(H,25,26). The van der Waals surface area contributed by atoms with Crippen LogP contribution in [0.25, 0.3) is 6.08 Å². The molecule has 1 amide bonds. The summed E-state index contributed by atoms with van der Waals surface area (Å²) in [5.41, 5.74) is 1.67. The molecule has 1 aliphatic rings. The predicted octanol–water partition coefficient (Wildman–Crippen LogP) is 4.92. The van der Waals surface area contributed by atoms with Gasteiger partial charge in [0.05, 0.1) is 11.2 Å². The van der Waals surface area contributed by atoms with E-state index in [1.54, 1.807) is 0 Å². The first kappa shape index (κ1) is 22.5. The largest absolute Gasteiger partial charge is 0.492 e. The zero-order chi connectivity index (χ0) is 21.8. The first-order valence-electron chi connectivity index (χ1n) is 9.96. The zero-order valence-corrected chi connectivity index (χ0v) is 18.7. The normalized spacial score (nSPS) is 17.6. The Balaban J connectivity index is 1.72. The molecule has 1 N–H and O–H groups in total. The quantitative estimate of drug-likeness (QED) is 0.510. The second kappa shape index (κ2) is 9.29. The summed E-state index contributed by atoms with van der Waals surface area (Å²) < 4.78 is 17.7. The third-order valence-electron chi connectivity index (χ3n) is 5.48. The molecule has 3 rings (SSSR count). The molecule has 5 nitrogen and oxygen atoms in total. The van der Waals surface area contributed by atoms with Crippen molar-refractivity contribution < 1.29 is 18.8 Å². The van der Waals surface area contributed by atoms with Crippen LogP contribution < -0.4 is 5.32 Å². The van der Waals surface area contributed by atoms with Gasteiger partial charge in [-0.2, -0.15) is 0 Å². The fraction of sp³-hybridized carbons (Fsp3) is 0.348. The Kier molecular flexibility index (Phi) is 6.96. The molecule has 1 heterocycles. The number of carbonyl (C=O) groups excluding carboxylic acids is 1. The molecular weight excluding hydrogens is 397 g/mol. The van der Waals surface area contributed by atoms with E-state index in [4.69, 9.17) is 14.0 Å². The van der Waals surface area contributed by atoms with Crippen molar-refractivity contribution in [2.45, 2.75) is 50.4 Å². The van der Waals surface area contributed by atoms with Gasteiger partial charge in [0.2, 0.25) is 0 Å². The van der Waals surface area contributed by atoms with E-state index in [1.165, 1.54) is 0 Å². The van der Waals surface area contributed by atoms with Crippen molar-refractivity contribution >= 4 is 31.9 Å². The summed E-state index contributed by atoms with van der Waals surface area (Å²) in [7, 11) is -0.586. The maximum absolute atomic E-state index is 12.3. The summed E-state index contributed by atoms with van der Waals surface area (Å²) in [5, 5.41) is 2.81. The molecule has 2 aromatic carbocycles. The van der Waals surface area contributed by atoms with E-state index in [9.17, 15) is 4.79 Å². The van der Waals surface area contributed by atoms with Gasteiger partial charge < -0.3 is 19.4 Å². The van der Waals surface area contributed by atoms with Crippen LogP contribution in [0.2, 0.25) is 0 Å². The van der Waals surface area contributed by atoms with E-state index in [0.717, 1.165) is 21.5 Å². The number of rotatable bonds is 6. The van der Waals surface area contributed by atoms with E-state index in [0.29, 0.717) is 0 Å². The highest BCUT2D eigenvalue weighted by atomic mass is 32.1. The number of alkyl carbamates (subject to hydrolysis) is 1. The molecule has 1 aliphatic heterocycles. The van der Waals surface area contributed by atoms with Crippen LogP contribution in [-0.4, -0.2) is 31.0 Å². The molecular formula is C23H28BNO4S. The van der Waals surface area contributed by atoms with Crippen molar-refractivity contribution in [1.82, 2.24) is 5.32 Å². The molecule has 0 unspecified atom stereocenters. The number of carbonyl (C=O) groups is 1. The zero-order valence-electron chi connectivity index (χ0n) is 17.8. The lowest BCUT2D eigenvalue weighted by Crippen LogP contribution is -2.41. The molecule has 30 heavy (non-hydrogen) atoms. The van der Waals surface area contributed by atoms with Gasteiger partial charge in [0.15, 0.2) is 0 Å². The van der Waals surface area contributed by atoms with Crippen LogP contribution in [0.5, 0.6) is 0 Å². The van der Waals surface area contributed by atoms with Crippen LogP contribution in [0, 0.1) is 0 Å². The maximum atomic E-state index is 12.3. The molecule has 1 fully saturated rings. The first-order chi connectivity index (χ1) is 14.2. The highest BCUT2D eigenvalue weighted by Gasteiger charge is 2.52. The maximum Gasteiger partial charge on any atom is 0.492 e. The highest BCUT2D eigenvalue weighted by Crippen LogP contribution is 2.38. The summed E-state index contributed by atoms with van der Waals surface area (Å²) >= 11 is 4.53. The summed E-state index contributed by atoms with van der Waals surface area (Å²) in [6, 6.07) is 17.3. The van der Waals surface area contributed by atoms with Crippen molar-refractivity contribution in [2.24, 2.45) is 0 Å². The summed E-state index contributed by atoms with van der Waals surface area (Å²) in [6.45, 7) is 8.43. The van der Waals surface area contributed by atoms with Crippen LogP contribution in [0.1, 0.15) is 38.8 Å². The minimum atomic E-state index is -0.586. The third kappa shape index (κ3) is 5.48. The molecule has 0 aromatic heterocycles. The Morgan fingerprint density at radius 1 is 1.03 bits per heavy atom. The predicted molar refractivity (Wildman–Crippen MR) is 122 cm³/mol. The molecule has 0 saturated carbocycles. The lowest BCUT2D eigenvalue weighted by Gasteiger charge is -2.32. The molecule has 158 valence electrons. The lowest BCUT2D eigenvalue weighted by molar-refractivity contribution is 0.00578. The number of ether oxygens (including phenoxy) is 1. The smallest absolute Gasteiger partial charge is 0.445 e. The van der Waals surface area contributed by atoms with E-state index >= 15 is 0 Å². The molecule has 0 spiro atoms. The topological polar surface area (TPSA) is 56.8 Å². The molecule has 2 aromatic rings. The molecule has 0 atom stereocenters. The van der Waals surface area contributed by atoms with Gasteiger partial charge in [-0.1, -0.05) is 54.6 Å². The number of amides is 1. The Morgan fingerprint density at radius 3 is 2.27 bits per heavy atom. The van der Waals surface area contributed by atoms with Gasteiger partial charge in [0.1, 0.15) is 6.61 Å². The van der Waals surface area contributed by atoms with Gasteiger partial charge >= 0.3 is 13.2 Å². The molecule has 0 radical (unpaired) electrons. The van der Waals surface area contributed by atoms with Crippen LogP contribution in [-0.2, 0) is 20.7 Å². The minimum Gasteiger partial charge on any atom is -0.445 e. The Labute approximate surface area is 184 Å². The van der Waals surface area contributed by atoms with Crippen molar-refractivity contribution in [3.05, 3.63) is 71.2 Å². The minimum absolute atomic E-state index is 0.210. The van der Waals surface area contributed by atoms with Crippen LogP contribution in [0.3, 0.4) is 0 Å². The van der Waals surface area contributed by atoms with Crippen LogP contribution >= 0.6 is 12.6 Å². The van der Waals surface area contributed by atoms with Crippen molar-refractivity contribution in [1.29, 1.82) is 0 Å². The second-order valence-corrected chi connectivity index (χ2v) is 8.76. The highest BCUT2D eigenvalue weighted by molar-refractivity contribution is 7.80. The van der Waals surface area contributed by atoms with E-state index in [1.807, 2.05) is 88.4 Å². The van der Waals surface area contributed by atoms with Gasteiger partial charge in [-0.05, 0) is 50.4 Å². The number of hydrogen-bond donors (Lipinski definition) is 2. The Morgan fingerprint density at radius 2 is 1.63 bits per heavy atom.